The van der Waals surface area contributed by atoms with Gasteiger partial charge in [-0.25, -0.2) is 17.8 Å². The van der Waals surface area contributed by atoms with Crippen LogP contribution in [0.2, 0.25) is 0 Å². The normalized spacial score (nSPS) is 14.1. The third-order valence-corrected chi connectivity index (χ3v) is 8.97. The number of carbonyl (C=O) groups excluding carboxylic acids is 1. The van der Waals surface area contributed by atoms with Crippen molar-refractivity contribution in [3.05, 3.63) is 119 Å². The maximum absolute atomic E-state index is 14.4. The minimum absolute atomic E-state index is 0.0787. The molecule has 0 aliphatic carbocycles. The molecule has 0 unspecified atom stereocenters. The molecule has 0 bridgehead atoms. The highest BCUT2D eigenvalue weighted by Crippen LogP contribution is 2.22. The Bertz CT molecular complexity index is 1600. The first-order valence-electron chi connectivity index (χ1n) is 14.0. The number of hydrogen-bond donors (Lipinski definition) is 0. The van der Waals surface area contributed by atoms with Gasteiger partial charge >= 0.3 is 0 Å². The van der Waals surface area contributed by atoms with Gasteiger partial charge in [-0.15, -0.1) is 0 Å². The fourth-order valence-electron chi connectivity index (χ4n) is 5.00. The minimum atomic E-state index is -4.02. The van der Waals surface area contributed by atoms with Gasteiger partial charge in [-0.1, -0.05) is 66.2 Å². The van der Waals surface area contributed by atoms with Crippen molar-refractivity contribution in [1.29, 1.82) is 0 Å². The van der Waals surface area contributed by atoms with Crippen molar-refractivity contribution < 1.29 is 22.3 Å². The molecule has 0 spiro atoms. The van der Waals surface area contributed by atoms with Crippen molar-refractivity contribution in [3.8, 4) is 0 Å². The predicted octanol–water partition coefficient (Wildman–Crippen LogP) is 4.33. The van der Waals surface area contributed by atoms with Crippen molar-refractivity contribution in [2.45, 2.75) is 30.9 Å². The van der Waals surface area contributed by atoms with Crippen molar-refractivity contribution in [1.82, 2.24) is 19.4 Å². The Hall–Kier alpha value is -3.86. The van der Waals surface area contributed by atoms with Gasteiger partial charge in [0, 0.05) is 37.3 Å². The number of hydrogen-bond acceptors (Lipinski definition) is 6. The summed E-state index contributed by atoms with van der Waals surface area (Å²) in [5.74, 6) is -1.25. The molecule has 1 amide bonds. The lowest BCUT2D eigenvalue weighted by Gasteiger charge is -2.30. The second-order valence-electron chi connectivity index (χ2n) is 10.5. The number of aromatic nitrogens is 2. The number of benzene rings is 3. The lowest BCUT2D eigenvalue weighted by molar-refractivity contribution is 0.0319. The van der Waals surface area contributed by atoms with Gasteiger partial charge in [-0.2, -0.15) is 0 Å². The zero-order valence-corrected chi connectivity index (χ0v) is 24.5. The van der Waals surface area contributed by atoms with Crippen LogP contribution in [0.25, 0.3) is 0 Å². The van der Waals surface area contributed by atoms with Crippen LogP contribution in [0.4, 0.5) is 4.39 Å². The van der Waals surface area contributed by atoms with Crippen LogP contribution < -0.4 is 0 Å². The maximum Gasteiger partial charge on any atom is 0.254 e. The Morgan fingerprint density at radius 2 is 1.67 bits per heavy atom. The first-order chi connectivity index (χ1) is 20.3. The van der Waals surface area contributed by atoms with E-state index in [1.165, 1.54) is 24.4 Å². The topological polar surface area (TPSA) is 84.7 Å². The number of imidazole rings is 1. The predicted molar refractivity (Wildman–Crippen MR) is 158 cm³/mol. The van der Waals surface area contributed by atoms with Crippen molar-refractivity contribution >= 4 is 15.7 Å². The van der Waals surface area contributed by atoms with E-state index in [1.54, 1.807) is 15.5 Å². The van der Waals surface area contributed by atoms with E-state index in [9.17, 15) is 17.6 Å². The number of amides is 1. The Balaban J connectivity index is 1.48. The highest BCUT2D eigenvalue weighted by Gasteiger charge is 2.27. The van der Waals surface area contributed by atoms with E-state index in [2.05, 4.69) is 9.88 Å². The molecule has 4 aromatic rings. The first-order valence-corrected chi connectivity index (χ1v) is 15.7. The summed E-state index contributed by atoms with van der Waals surface area (Å²) in [5.41, 5.74) is 3.15. The molecule has 1 aliphatic heterocycles. The van der Waals surface area contributed by atoms with E-state index < -0.39 is 21.4 Å². The van der Waals surface area contributed by atoms with E-state index in [4.69, 9.17) is 4.74 Å². The molecule has 42 heavy (non-hydrogen) atoms. The lowest BCUT2D eigenvalue weighted by atomic mass is 10.1. The quantitative estimate of drug-likeness (QED) is 0.259. The smallest absolute Gasteiger partial charge is 0.254 e. The van der Waals surface area contributed by atoms with Gasteiger partial charge in [0.1, 0.15) is 5.82 Å². The van der Waals surface area contributed by atoms with Crippen LogP contribution in [-0.4, -0.2) is 73.1 Å². The van der Waals surface area contributed by atoms with E-state index in [1.807, 2.05) is 61.5 Å². The second kappa shape index (κ2) is 13.4. The van der Waals surface area contributed by atoms with Crippen LogP contribution in [0.15, 0.2) is 90.2 Å². The Kier molecular flexibility index (Phi) is 9.46. The van der Waals surface area contributed by atoms with Gasteiger partial charge in [0.15, 0.2) is 0 Å². The van der Waals surface area contributed by atoms with Crippen molar-refractivity contribution in [3.63, 3.8) is 0 Å². The summed E-state index contributed by atoms with van der Waals surface area (Å²) in [5, 5.41) is -0.152. The molecule has 0 radical (unpaired) electrons. The zero-order valence-electron chi connectivity index (χ0n) is 23.7. The third-order valence-electron chi connectivity index (χ3n) is 7.40. The maximum atomic E-state index is 14.4. The molecule has 1 aromatic heterocycles. The van der Waals surface area contributed by atoms with E-state index >= 15 is 0 Å². The number of sulfone groups is 1. The lowest BCUT2D eigenvalue weighted by Crippen LogP contribution is -2.43. The van der Waals surface area contributed by atoms with Crippen molar-refractivity contribution in [2.24, 2.45) is 0 Å². The average molecular weight is 591 g/mol. The van der Waals surface area contributed by atoms with Gasteiger partial charge in [0.05, 0.1) is 43.9 Å². The molecular formula is C32H35FN4O4S. The second-order valence-corrected chi connectivity index (χ2v) is 12.4. The summed E-state index contributed by atoms with van der Waals surface area (Å²) in [4.78, 5) is 22.1. The van der Waals surface area contributed by atoms with Crippen LogP contribution in [0, 0.1) is 12.7 Å². The number of carbonyl (C=O) groups is 1. The molecule has 2 heterocycles. The molecule has 5 rings (SSSR count). The molecule has 0 atom stereocenters. The fraction of sp³-hybridized carbons (Fsp3) is 0.312. The zero-order chi connectivity index (χ0) is 29.5. The summed E-state index contributed by atoms with van der Waals surface area (Å²) in [7, 11) is -4.02. The van der Waals surface area contributed by atoms with E-state index in [0.717, 1.165) is 24.2 Å². The summed E-state index contributed by atoms with van der Waals surface area (Å²) in [6.07, 6.45) is 1.52. The standard InChI is InChI=1S/C32H35FN4O4S/c1-25-11-13-27(14-12-25)31(38)36(16-15-35-17-19-41-20-18-35)23-29-21-34-32(37(29)22-26-7-3-2-4-8-26)42(39,40)24-28-9-5-6-10-30(28)33/h2-14,21H,15-20,22-24H2,1H3. The molecule has 220 valence electrons. The summed E-state index contributed by atoms with van der Waals surface area (Å²) in [6.45, 7) is 6.35. The highest BCUT2D eigenvalue weighted by molar-refractivity contribution is 7.90. The highest BCUT2D eigenvalue weighted by atomic mass is 32.2. The van der Waals surface area contributed by atoms with E-state index in [-0.39, 0.29) is 29.7 Å². The first kappa shape index (κ1) is 29.6. The Labute approximate surface area is 246 Å². The molecule has 10 heteroatoms. The minimum Gasteiger partial charge on any atom is -0.379 e. The van der Waals surface area contributed by atoms with Crippen LogP contribution in [-0.2, 0) is 33.4 Å². The van der Waals surface area contributed by atoms with Crippen molar-refractivity contribution in [2.75, 3.05) is 39.4 Å². The molecule has 1 fully saturated rings. The average Bonchev–Trinajstić information content (AvgIpc) is 3.40. The monoisotopic (exact) mass is 590 g/mol. The van der Waals surface area contributed by atoms with Gasteiger partial charge in [0.2, 0.25) is 15.0 Å². The summed E-state index contributed by atoms with van der Waals surface area (Å²) in [6, 6.07) is 22.7. The number of aryl methyl sites for hydroxylation is 1. The van der Waals surface area contributed by atoms with Gasteiger partial charge in [-0.05, 0) is 30.7 Å². The van der Waals surface area contributed by atoms with Crippen LogP contribution in [0.1, 0.15) is 32.7 Å². The number of halogens is 1. The van der Waals surface area contributed by atoms with Gasteiger partial charge in [0.25, 0.3) is 5.91 Å². The molecule has 0 saturated carbocycles. The summed E-state index contributed by atoms with van der Waals surface area (Å²) >= 11 is 0. The SMILES string of the molecule is Cc1ccc(C(=O)N(CCN2CCOCC2)Cc2cnc(S(=O)(=O)Cc3ccccc3F)n2Cc2ccccc2)cc1. The van der Waals surface area contributed by atoms with E-state index in [0.29, 0.717) is 37.6 Å². The molecule has 8 nitrogen and oxygen atoms in total. The van der Waals surface area contributed by atoms with Crippen LogP contribution >= 0.6 is 0 Å². The number of ether oxygens (including phenoxy) is 1. The summed E-state index contributed by atoms with van der Waals surface area (Å²) < 4.78 is 48.8. The number of rotatable bonds is 11. The molecule has 0 N–H and O–H groups in total. The Morgan fingerprint density at radius 3 is 2.38 bits per heavy atom. The van der Waals surface area contributed by atoms with Crippen LogP contribution in [0.5, 0.6) is 0 Å². The number of nitrogens with zero attached hydrogens (tertiary/aromatic N) is 4. The van der Waals surface area contributed by atoms with Crippen LogP contribution in [0.3, 0.4) is 0 Å². The molecule has 1 saturated heterocycles. The third kappa shape index (κ3) is 7.31. The fourth-order valence-corrected chi connectivity index (χ4v) is 6.50. The largest absolute Gasteiger partial charge is 0.379 e. The number of morpholine rings is 1. The molecular weight excluding hydrogens is 555 g/mol. The molecule has 1 aliphatic rings. The van der Waals surface area contributed by atoms with Gasteiger partial charge < -0.3 is 14.2 Å². The van der Waals surface area contributed by atoms with Gasteiger partial charge in [-0.3, -0.25) is 9.69 Å². The molecule has 3 aromatic carbocycles. The Morgan fingerprint density at radius 1 is 0.976 bits per heavy atom.